The van der Waals surface area contributed by atoms with Crippen LogP contribution in [-0.4, -0.2) is 20.1 Å². The SMILES string of the molecule is CC(C)n1ncnc1CC(CBr)Cc1ccccc1Br. The summed E-state index contributed by atoms with van der Waals surface area (Å²) < 4.78 is 3.19. The van der Waals surface area contributed by atoms with Crippen LogP contribution in [-0.2, 0) is 12.8 Å². The van der Waals surface area contributed by atoms with E-state index < -0.39 is 0 Å². The number of rotatable bonds is 6. The Bertz CT molecular complexity index is 552. The third-order valence-corrected chi connectivity index (χ3v) is 4.98. The number of benzene rings is 1. The maximum absolute atomic E-state index is 4.41. The van der Waals surface area contributed by atoms with Crippen LogP contribution in [0.1, 0.15) is 31.3 Å². The zero-order chi connectivity index (χ0) is 14.5. The van der Waals surface area contributed by atoms with Crippen LogP contribution in [0.3, 0.4) is 0 Å². The molecule has 0 N–H and O–H groups in total. The molecule has 1 unspecified atom stereocenters. The summed E-state index contributed by atoms with van der Waals surface area (Å²) in [6, 6.07) is 8.75. The van der Waals surface area contributed by atoms with Gasteiger partial charge in [0.1, 0.15) is 12.2 Å². The summed E-state index contributed by atoms with van der Waals surface area (Å²) in [7, 11) is 0. The van der Waals surface area contributed by atoms with Crippen molar-refractivity contribution in [2.75, 3.05) is 5.33 Å². The first-order valence-corrected chi connectivity index (χ1v) is 8.71. The van der Waals surface area contributed by atoms with Gasteiger partial charge in [-0.2, -0.15) is 5.10 Å². The minimum atomic E-state index is 0.354. The van der Waals surface area contributed by atoms with E-state index in [4.69, 9.17) is 0 Å². The molecule has 0 spiro atoms. The Hall–Kier alpha value is -0.680. The van der Waals surface area contributed by atoms with Crippen LogP contribution in [0.4, 0.5) is 0 Å². The largest absolute Gasteiger partial charge is 0.248 e. The molecule has 3 nitrogen and oxygen atoms in total. The van der Waals surface area contributed by atoms with Crippen LogP contribution in [0.2, 0.25) is 0 Å². The molecule has 0 aliphatic carbocycles. The molecule has 0 saturated carbocycles. The highest BCUT2D eigenvalue weighted by Crippen LogP contribution is 2.22. The number of halogens is 2. The van der Waals surface area contributed by atoms with E-state index in [9.17, 15) is 0 Å². The van der Waals surface area contributed by atoms with Gasteiger partial charge >= 0.3 is 0 Å². The van der Waals surface area contributed by atoms with Crippen LogP contribution in [0.15, 0.2) is 35.1 Å². The van der Waals surface area contributed by atoms with Gasteiger partial charge in [0.05, 0.1) is 0 Å². The average molecular weight is 401 g/mol. The van der Waals surface area contributed by atoms with Crippen molar-refractivity contribution in [1.29, 1.82) is 0 Å². The number of alkyl halides is 1. The summed E-state index contributed by atoms with van der Waals surface area (Å²) in [5.41, 5.74) is 1.34. The Morgan fingerprint density at radius 2 is 1.95 bits per heavy atom. The second-order valence-corrected chi connectivity index (χ2v) is 6.74. The monoisotopic (exact) mass is 399 g/mol. The summed E-state index contributed by atoms with van der Waals surface area (Å²) in [5, 5.41) is 5.27. The Labute approximate surface area is 137 Å². The van der Waals surface area contributed by atoms with E-state index in [1.165, 1.54) is 10.0 Å². The van der Waals surface area contributed by atoms with Crippen molar-refractivity contribution in [2.24, 2.45) is 5.92 Å². The standard InChI is InChI=1S/C15H19Br2N3/c1-11(2)20-15(18-10-19-20)8-12(9-16)7-13-5-3-4-6-14(13)17/h3-6,10-12H,7-9H2,1-2H3. The molecular formula is C15H19Br2N3. The smallest absolute Gasteiger partial charge is 0.138 e. The molecule has 5 heteroatoms. The Kier molecular flexibility index (Phi) is 5.78. The molecule has 0 aliphatic rings. The van der Waals surface area contributed by atoms with E-state index in [0.29, 0.717) is 12.0 Å². The molecule has 0 fully saturated rings. The Morgan fingerprint density at radius 3 is 2.60 bits per heavy atom. The average Bonchev–Trinajstić information content (AvgIpc) is 2.88. The maximum atomic E-state index is 4.41. The Morgan fingerprint density at radius 1 is 1.20 bits per heavy atom. The first-order valence-electron chi connectivity index (χ1n) is 6.79. The molecule has 2 rings (SSSR count). The normalized spacial score (nSPS) is 12.8. The van der Waals surface area contributed by atoms with Gasteiger partial charge in [-0.25, -0.2) is 9.67 Å². The fraction of sp³-hybridized carbons (Fsp3) is 0.467. The van der Waals surface area contributed by atoms with Gasteiger partial charge in [0.25, 0.3) is 0 Å². The third kappa shape index (κ3) is 3.92. The van der Waals surface area contributed by atoms with E-state index in [-0.39, 0.29) is 0 Å². The summed E-state index contributed by atoms with van der Waals surface area (Å²) in [6.45, 7) is 4.27. The van der Waals surface area contributed by atoms with Crippen LogP contribution in [0.5, 0.6) is 0 Å². The highest BCUT2D eigenvalue weighted by molar-refractivity contribution is 9.10. The van der Waals surface area contributed by atoms with Crippen LogP contribution >= 0.6 is 31.9 Å². The van der Waals surface area contributed by atoms with E-state index in [1.54, 1.807) is 6.33 Å². The maximum Gasteiger partial charge on any atom is 0.138 e. The molecule has 1 aromatic carbocycles. The number of nitrogens with zero attached hydrogens (tertiary/aromatic N) is 3. The first kappa shape index (κ1) is 15.7. The van der Waals surface area contributed by atoms with Gasteiger partial charge in [-0.1, -0.05) is 50.1 Å². The fourth-order valence-corrected chi connectivity index (χ4v) is 3.17. The Balaban J connectivity index is 2.10. The molecule has 0 radical (unpaired) electrons. The van der Waals surface area contributed by atoms with Gasteiger partial charge in [0, 0.05) is 22.3 Å². The minimum Gasteiger partial charge on any atom is -0.248 e. The van der Waals surface area contributed by atoms with E-state index in [2.05, 4.69) is 74.0 Å². The predicted molar refractivity (Wildman–Crippen MR) is 89.2 cm³/mol. The molecule has 20 heavy (non-hydrogen) atoms. The molecule has 0 bridgehead atoms. The van der Waals surface area contributed by atoms with Crippen molar-refractivity contribution in [3.8, 4) is 0 Å². The van der Waals surface area contributed by atoms with Gasteiger partial charge in [0.2, 0.25) is 0 Å². The molecule has 0 amide bonds. The van der Waals surface area contributed by atoms with Crippen molar-refractivity contribution < 1.29 is 0 Å². The highest BCUT2D eigenvalue weighted by Gasteiger charge is 2.16. The van der Waals surface area contributed by atoms with Crippen LogP contribution in [0, 0.1) is 5.92 Å². The fourth-order valence-electron chi connectivity index (χ4n) is 2.27. The summed E-state index contributed by atoms with van der Waals surface area (Å²) >= 11 is 7.25. The molecule has 1 heterocycles. The number of hydrogen-bond acceptors (Lipinski definition) is 2. The zero-order valence-electron chi connectivity index (χ0n) is 11.8. The van der Waals surface area contributed by atoms with E-state index >= 15 is 0 Å². The lowest BCUT2D eigenvalue weighted by Gasteiger charge is -2.16. The molecule has 108 valence electrons. The molecule has 0 aliphatic heterocycles. The second kappa shape index (κ2) is 7.36. The van der Waals surface area contributed by atoms with Crippen molar-refractivity contribution in [3.63, 3.8) is 0 Å². The molecular weight excluding hydrogens is 382 g/mol. The molecule has 1 atom stereocenters. The highest BCUT2D eigenvalue weighted by atomic mass is 79.9. The zero-order valence-corrected chi connectivity index (χ0v) is 14.9. The lowest BCUT2D eigenvalue weighted by atomic mass is 9.97. The van der Waals surface area contributed by atoms with Crippen molar-refractivity contribution in [1.82, 2.24) is 14.8 Å². The topological polar surface area (TPSA) is 30.7 Å². The van der Waals surface area contributed by atoms with Gasteiger partial charge < -0.3 is 0 Å². The van der Waals surface area contributed by atoms with Gasteiger partial charge in [-0.15, -0.1) is 0 Å². The summed E-state index contributed by atoms with van der Waals surface area (Å²) in [5.74, 6) is 1.58. The van der Waals surface area contributed by atoms with Gasteiger partial charge in [-0.05, 0) is 37.8 Å². The second-order valence-electron chi connectivity index (χ2n) is 5.23. The van der Waals surface area contributed by atoms with Crippen LogP contribution < -0.4 is 0 Å². The van der Waals surface area contributed by atoms with Crippen LogP contribution in [0.25, 0.3) is 0 Å². The van der Waals surface area contributed by atoms with Crippen molar-refractivity contribution in [2.45, 2.75) is 32.7 Å². The van der Waals surface area contributed by atoms with E-state index in [0.717, 1.165) is 24.0 Å². The first-order chi connectivity index (χ1) is 9.61. The van der Waals surface area contributed by atoms with Crippen molar-refractivity contribution in [3.05, 3.63) is 46.5 Å². The molecule has 1 aromatic heterocycles. The minimum absolute atomic E-state index is 0.354. The van der Waals surface area contributed by atoms with E-state index in [1.807, 2.05) is 10.7 Å². The summed E-state index contributed by atoms with van der Waals surface area (Å²) in [6.07, 6.45) is 3.61. The summed E-state index contributed by atoms with van der Waals surface area (Å²) in [4.78, 5) is 4.41. The number of hydrogen-bond donors (Lipinski definition) is 0. The third-order valence-electron chi connectivity index (χ3n) is 3.29. The lowest BCUT2D eigenvalue weighted by Crippen LogP contribution is -2.16. The molecule has 0 saturated heterocycles. The van der Waals surface area contributed by atoms with Gasteiger partial charge in [0.15, 0.2) is 0 Å². The quantitative estimate of drug-likeness (QED) is 0.672. The lowest BCUT2D eigenvalue weighted by molar-refractivity contribution is 0.473. The predicted octanol–water partition coefficient (Wildman–Crippen LogP) is 4.42. The van der Waals surface area contributed by atoms with Gasteiger partial charge in [-0.3, -0.25) is 0 Å². The molecule has 2 aromatic rings. The van der Waals surface area contributed by atoms with Crippen molar-refractivity contribution >= 4 is 31.9 Å². The number of aromatic nitrogens is 3.